The lowest BCUT2D eigenvalue weighted by Crippen LogP contribution is -2.33. The molecule has 9 heteroatoms. The van der Waals surface area contributed by atoms with E-state index in [9.17, 15) is 9.18 Å². The molecule has 0 radical (unpaired) electrons. The summed E-state index contributed by atoms with van der Waals surface area (Å²) < 4.78 is 27.1. The maximum absolute atomic E-state index is 14.0. The smallest absolute Gasteiger partial charge is 0.407 e. The average Bonchev–Trinajstić information content (AvgIpc) is 3.05. The van der Waals surface area contributed by atoms with Crippen molar-refractivity contribution in [2.75, 3.05) is 6.54 Å². The molecule has 3 rings (SSSR count). The first-order valence-electron chi connectivity index (χ1n) is 11.3. The minimum absolute atomic E-state index is 0.312. The van der Waals surface area contributed by atoms with E-state index in [0.717, 1.165) is 12.1 Å². The first-order valence-corrected chi connectivity index (χ1v) is 11.3. The Morgan fingerprint density at radius 3 is 2.53 bits per heavy atom. The van der Waals surface area contributed by atoms with E-state index in [1.807, 2.05) is 38.6 Å². The van der Waals surface area contributed by atoms with Crippen molar-refractivity contribution in [3.8, 4) is 22.9 Å². The summed E-state index contributed by atoms with van der Waals surface area (Å²) in [5, 5.41) is 7.18. The van der Waals surface area contributed by atoms with Gasteiger partial charge in [-0.1, -0.05) is 13.8 Å². The molecule has 0 bridgehead atoms. The number of nitrogens with zero attached hydrogens (tertiary/aromatic N) is 4. The molecule has 1 N–H and O–H groups in total. The lowest BCUT2D eigenvalue weighted by atomic mass is 10.1. The highest BCUT2D eigenvalue weighted by Gasteiger charge is 2.17. The SMILES string of the molecule is Cc1nn(CC(C)C)cc1Oc1cc(F)ccc1-c1ncc(CCNC(=O)OC(C)(C)C)cn1. The van der Waals surface area contributed by atoms with Crippen LogP contribution in [0, 0.1) is 18.7 Å². The van der Waals surface area contributed by atoms with Crippen LogP contribution in [0.1, 0.15) is 45.9 Å². The quantitative estimate of drug-likeness (QED) is 0.481. The van der Waals surface area contributed by atoms with Gasteiger partial charge in [0.1, 0.15) is 22.9 Å². The molecule has 182 valence electrons. The molecule has 0 spiro atoms. The molecule has 3 aromatic rings. The van der Waals surface area contributed by atoms with E-state index < -0.39 is 17.5 Å². The van der Waals surface area contributed by atoms with Crippen molar-refractivity contribution in [1.29, 1.82) is 0 Å². The number of aryl methyl sites for hydroxylation is 1. The highest BCUT2D eigenvalue weighted by Crippen LogP contribution is 2.33. The van der Waals surface area contributed by atoms with Gasteiger partial charge in [0, 0.05) is 31.5 Å². The Balaban J connectivity index is 1.71. The second-order valence-corrected chi connectivity index (χ2v) is 9.53. The summed E-state index contributed by atoms with van der Waals surface area (Å²) in [5.41, 5.74) is 1.57. The Morgan fingerprint density at radius 1 is 1.18 bits per heavy atom. The first kappa shape index (κ1) is 25.1. The van der Waals surface area contributed by atoms with Crippen molar-refractivity contribution in [2.45, 2.75) is 60.1 Å². The summed E-state index contributed by atoms with van der Waals surface area (Å²) in [6.45, 7) is 12.6. The van der Waals surface area contributed by atoms with Gasteiger partial charge < -0.3 is 14.8 Å². The minimum Gasteiger partial charge on any atom is -0.453 e. The molecule has 0 atom stereocenters. The van der Waals surface area contributed by atoms with Crippen LogP contribution in [0.15, 0.2) is 36.8 Å². The van der Waals surface area contributed by atoms with Gasteiger partial charge >= 0.3 is 6.09 Å². The van der Waals surface area contributed by atoms with Crippen LogP contribution in [0.25, 0.3) is 11.4 Å². The topological polar surface area (TPSA) is 91.2 Å². The summed E-state index contributed by atoms with van der Waals surface area (Å²) in [5.74, 6) is 1.29. The maximum Gasteiger partial charge on any atom is 0.407 e. The number of rotatable bonds is 8. The number of hydrogen-bond donors (Lipinski definition) is 1. The zero-order valence-electron chi connectivity index (χ0n) is 20.6. The van der Waals surface area contributed by atoms with Gasteiger partial charge in [-0.3, -0.25) is 4.68 Å². The van der Waals surface area contributed by atoms with Crippen LogP contribution in [0.5, 0.6) is 11.5 Å². The van der Waals surface area contributed by atoms with E-state index >= 15 is 0 Å². The summed E-state index contributed by atoms with van der Waals surface area (Å²) in [7, 11) is 0. The van der Waals surface area contributed by atoms with Crippen molar-refractivity contribution in [2.24, 2.45) is 5.92 Å². The second-order valence-electron chi connectivity index (χ2n) is 9.53. The molecule has 1 aromatic carbocycles. The largest absolute Gasteiger partial charge is 0.453 e. The van der Waals surface area contributed by atoms with Crippen LogP contribution < -0.4 is 10.1 Å². The van der Waals surface area contributed by atoms with Gasteiger partial charge in [-0.05, 0) is 57.7 Å². The molecule has 0 aliphatic heterocycles. The monoisotopic (exact) mass is 469 g/mol. The number of nitrogens with one attached hydrogen (secondary N) is 1. The maximum atomic E-state index is 14.0. The average molecular weight is 470 g/mol. The summed E-state index contributed by atoms with van der Waals surface area (Å²) in [6, 6.07) is 4.26. The minimum atomic E-state index is -0.546. The lowest BCUT2D eigenvalue weighted by molar-refractivity contribution is 0.0528. The van der Waals surface area contributed by atoms with Crippen molar-refractivity contribution >= 4 is 6.09 Å². The number of amides is 1. The van der Waals surface area contributed by atoms with Crippen LogP contribution in [0.3, 0.4) is 0 Å². The number of benzene rings is 1. The van der Waals surface area contributed by atoms with Crippen molar-refractivity contribution < 1.29 is 18.7 Å². The number of hydrogen-bond acceptors (Lipinski definition) is 6. The van der Waals surface area contributed by atoms with Crippen LogP contribution in [0.2, 0.25) is 0 Å². The number of aromatic nitrogens is 4. The number of carbonyl (C=O) groups is 1. The van der Waals surface area contributed by atoms with Crippen LogP contribution in [-0.4, -0.2) is 38.0 Å². The molecule has 8 nitrogen and oxygen atoms in total. The predicted octanol–water partition coefficient (Wildman–Crippen LogP) is 5.30. The van der Waals surface area contributed by atoms with Crippen LogP contribution in [-0.2, 0) is 17.7 Å². The zero-order chi connectivity index (χ0) is 24.9. The van der Waals surface area contributed by atoms with Gasteiger partial charge in [-0.25, -0.2) is 19.2 Å². The molecule has 34 heavy (non-hydrogen) atoms. The van der Waals surface area contributed by atoms with Crippen molar-refractivity contribution in [1.82, 2.24) is 25.1 Å². The second kappa shape index (κ2) is 10.6. The Bertz CT molecular complexity index is 1120. The number of alkyl carbamates (subject to hydrolysis) is 1. The Kier molecular flexibility index (Phi) is 7.86. The highest BCUT2D eigenvalue weighted by atomic mass is 19.1. The number of halogens is 1. The Morgan fingerprint density at radius 2 is 1.88 bits per heavy atom. The van der Waals surface area contributed by atoms with Gasteiger partial charge in [0.15, 0.2) is 11.6 Å². The molecular weight excluding hydrogens is 437 g/mol. The van der Waals surface area contributed by atoms with Crippen molar-refractivity contribution in [3.05, 3.63) is 53.9 Å². The third kappa shape index (κ3) is 7.26. The van der Waals surface area contributed by atoms with Crippen LogP contribution in [0.4, 0.5) is 9.18 Å². The summed E-state index contributed by atoms with van der Waals surface area (Å²) in [6.07, 6.45) is 5.24. The van der Waals surface area contributed by atoms with Gasteiger partial charge in [0.2, 0.25) is 0 Å². The predicted molar refractivity (Wildman–Crippen MR) is 127 cm³/mol. The fraction of sp³-hybridized carbons (Fsp3) is 0.440. The molecule has 1 amide bonds. The van der Waals surface area contributed by atoms with Crippen LogP contribution >= 0.6 is 0 Å². The van der Waals surface area contributed by atoms with Gasteiger partial charge in [0.05, 0.1) is 11.8 Å². The van der Waals surface area contributed by atoms with E-state index in [4.69, 9.17) is 9.47 Å². The van der Waals surface area contributed by atoms with E-state index in [1.165, 1.54) is 12.1 Å². The fourth-order valence-electron chi connectivity index (χ4n) is 3.20. The van der Waals surface area contributed by atoms with Gasteiger partial charge in [0.25, 0.3) is 0 Å². The van der Waals surface area contributed by atoms with E-state index in [0.29, 0.717) is 47.5 Å². The molecule has 2 aromatic heterocycles. The molecular formula is C25H32FN5O3. The third-order valence-electron chi connectivity index (χ3n) is 4.65. The lowest BCUT2D eigenvalue weighted by Gasteiger charge is -2.19. The molecule has 2 heterocycles. The molecule has 0 saturated heterocycles. The van der Waals surface area contributed by atoms with E-state index in [2.05, 4.69) is 34.2 Å². The molecule has 0 saturated carbocycles. The fourth-order valence-corrected chi connectivity index (χ4v) is 3.20. The highest BCUT2D eigenvalue weighted by molar-refractivity contribution is 5.67. The summed E-state index contributed by atoms with van der Waals surface area (Å²) >= 11 is 0. The summed E-state index contributed by atoms with van der Waals surface area (Å²) in [4.78, 5) is 20.6. The number of carbonyl (C=O) groups excluding carboxylic acids is 1. The molecule has 0 aliphatic carbocycles. The van der Waals surface area contributed by atoms with Gasteiger partial charge in [-0.15, -0.1) is 0 Å². The Labute approximate surface area is 199 Å². The standard InChI is InChI=1S/C25H32FN5O3/c1-16(2)14-31-15-22(17(3)30-31)33-21-11-19(26)7-8-20(21)23-28-12-18(13-29-23)9-10-27-24(32)34-25(4,5)6/h7-8,11-13,15-16H,9-10,14H2,1-6H3,(H,27,32). The normalized spacial score (nSPS) is 11.5. The molecule has 0 aliphatic rings. The zero-order valence-corrected chi connectivity index (χ0v) is 20.6. The third-order valence-corrected chi connectivity index (χ3v) is 4.65. The first-order chi connectivity index (χ1) is 16.0. The molecule has 0 unspecified atom stereocenters. The van der Waals surface area contributed by atoms with E-state index in [1.54, 1.807) is 18.5 Å². The molecule has 0 fully saturated rings. The van der Waals surface area contributed by atoms with Gasteiger partial charge in [-0.2, -0.15) is 5.10 Å². The van der Waals surface area contributed by atoms with E-state index in [-0.39, 0.29) is 0 Å². The van der Waals surface area contributed by atoms with Crippen molar-refractivity contribution in [3.63, 3.8) is 0 Å². The number of ether oxygens (including phenoxy) is 2. The Hall–Kier alpha value is -3.49.